The van der Waals surface area contributed by atoms with E-state index in [1.807, 2.05) is 12.4 Å². The second kappa shape index (κ2) is 10.6. The number of urea groups is 1. The van der Waals surface area contributed by atoms with Gasteiger partial charge in [-0.1, -0.05) is 0 Å². The molecule has 0 saturated carbocycles. The lowest BCUT2D eigenvalue weighted by Gasteiger charge is -2.22. The number of anilines is 1. The average Bonchev–Trinajstić information content (AvgIpc) is 3.15. The molecule has 2 aromatic rings. The molecule has 0 bridgehead atoms. The maximum atomic E-state index is 12.9. The minimum Gasteiger partial charge on any atom is -0.351 e. The zero-order chi connectivity index (χ0) is 25.8. The van der Waals surface area contributed by atoms with Gasteiger partial charge in [0.1, 0.15) is 18.1 Å². The Hall–Kier alpha value is -3.82. The normalized spacial score (nSPS) is 13.4. The molecule has 3 rings (SSSR count). The summed E-state index contributed by atoms with van der Waals surface area (Å²) in [6.07, 6.45) is 0.550. The highest BCUT2D eigenvalue weighted by atomic mass is 32.2. The molecular weight excluding hydrogens is 494 g/mol. The molecule has 0 atom stereocenters. The summed E-state index contributed by atoms with van der Waals surface area (Å²) in [6.45, 7) is 0.277. The number of likely N-dealkylation sites (N-methyl/N-ethyl adjacent to an activating group) is 1. The summed E-state index contributed by atoms with van der Waals surface area (Å²) in [7, 11) is -2.18. The number of nitrogens with one attached hydrogen (secondary N) is 2. The molecule has 1 aliphatic heterocycles. The van der Waals surface area contributed by atoms with Gasteiger partial charge in [0.05, 0.1) is 22.6 Å². The van der Waals surface area contributed by atoms with Gasteiger partial charge < -0.3 is 16.0 Å². The number of amides is 4. The Balaban J connectivity index is 1.88. The second-order valence-electron chi connectivity index (χ2n) is 7.58. The molecule has 1 aromatic heterocycles. The molecule has 182 valence electrons. The number of carbonyl (C=O) groups excluding carboxylic acids is 3. The molecule has 0 aliphatic carbocycles. The van der Waals surface area contributed by atoms with Crippen molar-refractivity contribution in [1.82, 2.24) is 14.5 Å². The van der Waals surface area contributed by atoms with E-state index in [1.165, 1.54) is 35.6 Å². The van der Waals surface area contributed by atoms with Crippen LogP contribution in [0, 0.1) is 22.7 Å². The SMILES string of the molecule is CN1CCc2c(sc(NC(=O)c3ccc(S(=O)(=O)N(CC#N)CC#N)cc3)c2C(=O)NC(N)=O)C1. The zero-order valence-electron chi connectivity index (χ0n) is 18.6. The van der Waals surface area contributed by atoms with Gasteiger partial charge in [0, 0.05) is 23.5 Å². The van der Waals surface area contributed by atoms with E-state index in [9.17, 15) is 22.8 Å². The molecule has 35 heavy (non-hydrogen) atoms. The van der Waals surface area contributed by atoms with Crippen molar-refractivity contribution in [3.63, 3.8) is 0 Å². The zero-order valence-corrected chi connectivity index (χ0v) is 20.2. The van der Waals surface area contributed by atoms with Crippen LogP contribution in [0.25, 0.3) is 0 Å². The van der Waals surface area contributed by atoms with Crippen LogP contribution in [0.15, 0.2) is 29.2 Å². The molecule has 0 radical (unpaired) electrons. The summed E-state index contributed by atoms with van der Waals surface area (Å²) >= 11 is 1.22. The Bertz CT molecular complexity index is 1340. The first-order valence-electron chi connectivity index (χ1n) is 10.2. The molecule has 0 fully saturated rings. The van der Waals surface area contributed by atoms with Crippen molar-refractivity contribution in [2.45, 2.75) is 17.9 Å². The van der Waals surface area contributed by atoms with Gasteiger partial charge in [-0.25, -0.2) is 13.2 Å². The highest BCUT2D eigenvalue weighted by molar-refractivity contribution is 7.89. The molecule has 14 heteroatoms. The van der Waals surface area contributed by atoms with Gasteiger partial charge in [0.25, 0.3) is 11.8 Å². The first kappa shape index (κ1) is 25.8. The quantitative estimate of drug-likeness (QED) is 0.452. The fourth-order valence-electron chi connectivity index (χ4n) is 3.52. The van der Waals surface area contributed by atoms with Gasteiger partial charge in [-0.2, -0.15) is 14.8 Å². The first-order chi connectivity index (χ1) is 16.6. The Morgan fingerprint density at radius 1 is 1.14 bits per heavy atom. The van der Waals surface area contributed by atoms with Gasteiger partial charge in [0.15, 0.2) is 0 Å². The third-order valence-electron chi connectivity index (χ3n) is 5.19. The maximum absolute atomic E-state index is 12.9. The molecule has 4 N–H and O–H groups in total. The Morgan fingerprint density at radius 2 is 1.77 bits per heavy atom. The molecule has 0 unspecified atom stereocenters. The van der Waals surface area contributed by atoms with Crippen molar-refractivity contribution >= 4 is 44.2 Å². The van der Waals surface area contributed by atoms with Crippen molar-refractivity contribution in [1.29, 1.82) is 10.5 Å². The first-order valence-corrected chi connectivity index (χ1v) is 12.4. The predicted molar refractivity (Wildman–Crippen MR) is 126 cm³/mol. The van der Waals surface area contributed by atoms with E-state index in [1.54, 1.807) is 12.1 Å². The number of nitrogens with two attached hydrogens (primary N) is 1. The van der Waals surface area contributed by atoms with E-state index in [2.05, 4.69) is 10.2 Å². The van der Waals surface area contributed by atoms with Crippen LogP contribution < -0.4 is 16.4 Å². The van der Waals surface area contributed by atoms with Crippen LogP contribution in [-0.2, 0) is 23.0 Å². The number of benzene rings is 1. The Morgan fingerprint density at radius 3 is 2.34 bits per heavy atom. The monoisotopic (exact) mass is 515 g/mol. The van der Waals surface area contributed by atoms with Crippen LogP contribution >= 0.6 is 11.3 Å². The molecule has 0 spiro atoms. The van der Waals surface area contributed by atoms with E-state index < -0.39 is 41.0 Å². The van der Waals surface area contributed by atoms with E-state index >= 15 is 0 Å². The predicted octanol–water partition coefficient (Wildman–Crippen LogP) is 0.835. The molecular formula is C21H21N7O5S2. The van der Waals surface area contributed by atoms with Crippen molar-refractivity contribution in [3.8, 4) is 12.1 Å². The maximum Gasteiger partial charge on any atom is 0.319 e. The number of nitrogens with zero attached hydrogens (tertiary/aromatic N) is 4. The van der Waals surface area contributed by atoms with Crippen molar-refractivity contribution in [2.75, 3.05) is 32.0 Å². The number of primary amides is 1. The highest BCUT2D eigenvalue weighted by Crippen LogP contribution is 2.37. The fraction of sp³-hybridized carbons (Fsp3) is 0.286. The van der Waals surface area contributed by atoms with E-state index in [0.717, 1.165) is 14.7 Å². The highest BCUT2D eigenvalue weighted by Gasteiger charge is 2.29. The summed E-state index contributed by atoms with van der Waals surface area (Å²) in [5.41, 5.74) is 6.12. The molecule has 0 saturated heterocycles. The molecule has 4 amide bonds. The summed E-state index contributed by atoms with van der Waals surface area (Å²) in [5, 5.41) is 22.6. The summed E-state index contributed by atoms with van der Waals surface area (Å²) in [4.78, 5) is 39.5. The number of hydrogen-bond acceptors (Lipinski definition) is 9. The minimum absolute atomic E-state index is 0.112. The van der Waals surface area contributed by atoms with E-state index in [0.29, 0.717) is 19.5 Å². The minimum atomic E-state index is -4.11. The number of hydrogen-bond donors (Lipinski definition) is 3. The van der Waals surface area contributed by atoms with E-state index in [-0.39, 0.29) is 21.0 Å². The Labute approximate surface area is 205 Å². The summed E-state index contributed by atoms with van der Waals surface area (Å²) in [5.74, 6) is -1.31. The van der Waals surface area contributed by atoms with Gasteiger partial charge in [-0.3, -0.25) is 14.9 Å². The van der Waals surface area contributed by atoms with Crippen molar-refractivity contribution < 1.29 is 22.8 Å². The van der Waals surface area contributed by atoms with Gasteiger partial charge in [-0.15, -0.1) is 11.3 Å². The summed E-state index contributed by atoms with van der Waals surface area (Å²) < 4.78 is 26.1. The number of imide groups is 1. The van der Waals surface area contributed by atoms with Crippen LogP contribution in [0.5, 0.6) is 0 Å². The third kappa shape index (κ3) is 5.64. The number of carbonyl (C=O) groups is 3. The van der Waals surface area contributed by atoms with Crippen LogP contribution in [0.4, 0.5) is 9.80 Å². The third-order valence-corrected chi connectivity index (χ3v) is 8.13. The van der Waals surface area contributed by atoms with E-state index in [4.69, 9.17) is 16.3 Å². The van der Waals surface area contributed by atoms with Crippen molar-refractivity contribution in [2.24, 2.45) is 5.73 Å². The fourth-order valence-corrected chi connectivity index (χ4v) is 6.07. The number of fused-ring (bicyclic) bond motifs is 1. The number of thiophene rings is 1. The summed E-state index contributed by atoms with van der Waals surface area (Å²) in [6, 6.07) is 7.34. The number of rotatable bonds is 7. The lowest BCUT2D eigenvalue weighted by molar-refractivity contribution is 0.0966. The lowest BCUT2D eigenvalue weighted by atomic mass is 10.0. The molecule has 2 heterocycles. The van der Waals surface area contributed by atoms with Crippen LogP contribution in [-0.4, -0.2) is 62.2 Å². The average molecular weight is 516 g/mol. The van der Waals surface area contributed by atoms with Gasteiger partial charge in [0.2, 0.25) is 10.0 Å². The second-order valence-corrected chi connectivity index (χ2v) is 10.6. The van der Waals surface area contributed by atoms with Crippen molar-refractivity contribution in [3.05, 3.63) is 45.8 Å². The molecule has 12 nitrogen and oxygen atoms in total. The topological polar surface area (TPSA) is 189 Å². The van der Waals surface area contributed by atoms with Gasteiger partial charge >= 0.3 is 6.03 Å². The largest absolute Gasteiger partial charge is 0.351 e. The van der Waals surface area contributed by atoms with Crippen LogP contribution in [0.3, 0.4) is 0 Å². The van der Waals surface area contributed by atoms with Crippen LogP contribution in [0.2, 0.25) is 0 Å². The Kier molecular flexibility index (Phi) is 7.83. The molecule has 1 aliphatic rings. The standard InChI is InChI=1S/C21H21N7O5S2/c1-27-9-6-15-16(12-27)34-20(17(15)19(30)26-21(24)31)25-18(29)13-2-4-14(5-3-13)35(32,33)28(10-7-22)11-8-23/h2-5H,6,9-12H2,1H3,(H,25,29)(H3,24,26,30,31). The number of nitriles is 2. The van der Waals surface area contributed by atoms with Gasteiger partial charge in [-0.05, 0) is 43.3 Å². The van der Waals surface area contributed by atoms with Crippen LogP contribution in [0.1, 0.15) is 31.2 Å². The lowest BCUT2D eigenvalue weighted by Crippen LogP contribution is -2.36. The number of sulfonamides is 1. The molecule has 1 aromatic carbocycles. The smallest absolute Gasteiger partial charge is 0.319 e.